The number of aromatic amines is 1. The minimum Gasteiger partial charge on any atom is -0.482 e. The molecule has 0 unspecified atom stereocenters. The number of ether oxygens (including phenoxy) is 1. The quantitative estimate of drug-likeness (QED) is 0.113. The minimum atomic E-state index is -1.15. The average Bonchev–Trinajstić information content (AvgIpc) is 3.50. The molecule has 15 nitrogen and oxygen atoms in total. The van der Waals surface area contributed by atoms with Gasteiger partial charge < -0.3 is 41.8 Å². The van der Waals surface area contributed by atoms with E-state index in [1.165, 1.54) is 6.20 Å². The molecule has 3 heterocycles. The number of aromatic carboxylic acids is 1. The highest BCUT2D eigenvalue weighted by Gasteiger charge is 2.21. The van der Waals surface area contributed by atoms with Gasteiger partial charge in [-0.2, -0.15) is 0 Å². The van der Waals surface area contributed by atoms with E-state index in [0.717, 1.165) is 23.0 Å². The highest BCUT2D eigenvalue weighted by atomic mass is 35.5. The normalized spacial score (nSPS) is 11.7. The maximum Gasteiger partial charge on any atom is 0.339 e. The summed E-state index contributed by atoms with van der Waals surface area (Å²) < 4.78 is 5.29. The number of hydrogen-bond acceptors (Lipinski definition) is 11. The van der Waals surface area contributed by atoms with E-state index in [-0.39, 0.29) is 53.8 Å². The molecular weight excluding hydrogens is 620 g/mol. The molecular formula is C30H29ClN8O7. The van der Waals surface area contributed by atoms with E-state index < -0.39 is 22.7 Å². The number of hydrogen-bond donors (Lipinski definition) is 7. The van der Waals surface area contributed by atoms with Gasteiger partial charge in [0.15, 0.2) is 12.3 Å². The van der Waals surface area contributed by atoms with E-state index in [2.05, 4.69) is 36.2 Å². The topological polar surface area (TPSA) is 231 Å². The van der Waals surface area contributed by atoms with Crippen molar-refractivity contribution >= 4 is 58.3 Å². The fraction of sp³-hybridized carbons (Fsp3) is 0.167. The first-order valence-electron chi connectivity index (χ1n) is 13.6. The molecule has 0 saturated heterocycles. The van der Waals surface area contributed by atoms with Crippen LogP contribution in [0.5, 0.6) is 5.75 Å². The number of nitrogens with zero attached hydrogens (tertiary/aromatic N) is 2. The van der Waals surface area contributed by atoms with Gasteiger partial charge >= 0.3 is 5.97 Å². The Labute approximate surface area is 266 Å². The zero-order valence-corrected chi connectivity index (χ0v) is 25.1. The molecule has 1 aliphatic heterocycles. The molecule has 1 aliphatic rings. The Morgan fingerprint density at radius 1 is 1.00 bits per heavy atom. The largest absolute Gasteiger partial charge is 0.482 e. The summed E-state index contributed by atoms with van der Waals surface area (Å²) >= 11 is 0. The molecule has 0 spiro atoms. The van der Waals surface area contributed by atoms with E-state index in [9.17, 15) is 24.0 Å². The number of carbonyl (C=O) groups excluding carboxylic acids is 2. The van der Waals surface area contributed by atoms with E-state index in [1.54, 1.807) is 25.2 Å². The van der Waals surface area contributed by atoms with Gasteiger partial charge in [-0.1, -0.05) is 30.3 Å². The summed E-state index contributed by atoms with van der Waals surface area (Å²) in [7, 11) is 1.62. The van der Waals surface area contributed by atoms with Gasteiger partial charge in [0.2, 0.25) is 0 Å². The lowest BCUT2D eigenvalue weighted by molar-refractivity contribution is -0.118. The van der Waals surface area contributed by atoms with Crippen LogP contribution in [0.3, 0.4) is 0 Å². The van der Waals surface area contributed by atoms with Crippen LogP contribution in [0, 0.1) is 0 Å². The lowest BCUT2D eigenvalue weighted by atomic mass is 10.1. The fourth-order valence-corrected chi connectivity index (χ4v) is 4.64. The second kappa shape index (κ2) is 14.3. The molecule has 6 rings (SSSR count). The first kappa shape index (κ1) is 33.1. The van der Waals surface area contributed by atoms with Crippen molar-refractivity contribution in [3.8, 4) is 5.75 Å². The number of anilines is 3. The van der Waals surface area contributed by atoms with Gasteiger partial charge in [0, 0.05) is 32.9 Å². The number of nitrogens with two attached hydrogens (primary N) is 1. The first-order chi connectivity index (χ1) is 21.7. The van der Waals surface area contributed by atoms with Crippen LogP contribution < -0.4 is 42.6 Å². The van der Waals surface area contributed by atoms with Gasteiger partial charge in [-0.25, -0.2) is 14.8 Å². The zero-order chi connectivity index (χ0) is 32.1. The number of fused-ring (bicyclic) bond motifs is 2. The summed E-state index contributed by atoms with van der Waals surface area (Å²) in [6, 6.07) is 13.0. The Morgan fingerprint density at radius 2 is 1.74 bits per heavy atom. The lowest BCUT2D eigenvalue weighted by Gasteiger charge is -2.18. The number of carboxylic acids is 1. The van der Waals surface area contributed by atoms with Crippen LogP contribution in [0.15, 0.2) is 64.6 Å². The standard InChI is InChI=1S/C17H13N5O5.C13H15N3O2.ClH/c23-12-6-27-11-2-1-8(3-10(11)22-12)4-19-16(24)15-14-13(20-7-21-15)9(5-18-14)17(25)26;1-15-10-11(13(18)12(10)17)16-7-9-4-2-3-8(5-9)6-14;/h1-3,5,7,18H,4,6H2,(H,19,24)(H,22,23)(H,25,26);2-5,15-16H,6-7,14H2,1H3;1H. The molecule has 238 valence electrons. The van der Waals surface area contributed by atoms with Gasteiger partial charge in [0.25, 0.3) is 22.7 Å². The van der Waals surface area contributed by atoms with Crippen molar-refractivity contribution in [2.45, 2.75) is 19.6 Å². The number of benzene rings is 2. The number of aromatic nitrogens is 3. The molecule has 0 aliphatic carbocycles. The molecule has 46 heavy (non-hydrogen) atoms. The predicted molar refractivity (Wildman–Crippen MR) is 172 cm³/mol. The molecule has 2 aromatic heterocycles. The molecule has 0 radical (unpaired) electrons. The van der Waals surface area contributed by atoms with Crippen LogP contribution in [0.25, 0.3) is 11.0 Å². The molecule has 3 aromatic carbocycles. The number of amides is 2. The SMILES string of the molecule is CNc1c(NCc2cccc(CN)c2)c(=O)c1=O.Cl.O=C1COc2ccc(CNC(=O)c3ncnc4c(C(=O)O)c[nH]c34)cc2N1. The number of H-pyrrole nitrogens is 1. The van der Waals surface area contributed by atoms with Crippen molar-refractivity contribution < 1.29 is 24.2 Å². The van der Waals surface area contributed by atoms with Crippen molar-refractivity contribution in [3.05, 3.63) is 103 Å². The van der Waals surface area contributed by atoms with E-state index >= 15 is 0 Å². The highest BCUT2D eigenvalue weighted by Crippen LogP contribution is 2.28. The van der Waals surface area contributed by atoms with Gasteiger partial charge in [-0.3, -0.25) is 19.2 Å². The van der Waals surface area contributed by atoms with E-state index in [1.807, 2.05) is 24.3 Å². The third kappa shape index (κ3) is 6.95. The van der Waals surface area contributed by atoms with Gasteiger partial charge in [0.1, 0.15) is 34.5 Å². The van der Waals surface area contributed by atoms with Crippen molar-refractivity contribution in [1.29, 1.82) is 0 Å². The van der Waals surface area contributed by atoms with Crippen molar-refractivity contribution in [3.63, 3.8) is 0 Å². The Bertz CT molecular complexity index is 2000. The van der Waals surface area contributed by atoms with Crippen LogP contribution in [-0.2, 0) is 24.4 Å². The van der Waals surface area contributed by atoms with Gasteiger partial charge in [0.05, 0.1) is 11.2 Å². The van der Waals surface area contributed by atoms with Crippen molar-refractivity contribution in [1.82, 2.24) is 20.3 Å². The van der Waals surface area contributed by atoms with Gasteiger partial charge in [-0.15, -0.1) is 12.4 Å². The average molecular weight is 649 g/mol. The molecule has 0 fully saturated rings. The summed E-state index contributed by atoms with van der Waals surface area (Å²) in [5.41, 5.74) is 9.11. The maximum absolute atomic E-state index is 12.5. The third-order valence-corrected chi connectivity index (χ3v) is 6.90. The van der Waals surface area contributed by atoms with Crippen LogP contribution in [-0.4, -0.2) is 51.5 Å². The van der Waals surface area contributed by atoms with Crippen LogP contribution >= 0.6 is 12.4 Å². The van der Waals surface area contributed by atoms with Gasteiger partial charge in [-0.05, 0) is 28.8 Å². The second-order valence-corrected chi connectivity index (χ2v) is 9.84. The summed E-state index contributed by atoms with van der Waals surface area (Å²) in [4.78, 5) is 68.2. The number of carbonyl (C=O) groups is 3. The summed E-state index contributed by atoms with van der Waals surface area (Å²) in [6.45, 7) is 1.13. The number of carboxylic acid groups (broad SMARTS) is 1. The van der Waals surface area contributed by atoms with Crippen LogP contribution in [0.1, 0.15) is 37.5 Å². The Morgan fingerprint density at radius 3 is 2.48 bits per heavy atom. The minimum absolute atomic E-state index is 0. The smallest absolute Gasteiger partial charge is 0.339 e. The molecule has 5 aromatic rings. The van der Waals surface area contributed by atoms with Crippen LogP contribution in [0.2, 0.25) is 0 Å². The molecule has 0 atom stereocenters. The Hall–Kier alpha value is -5.80. The number of rotatable bonds is 9. The number of nitrogens with one attached hydrogen (secondary N) is 5. The molecule has 8 N–H and O–H groups in total. The third-order valence-electron chi connectivity index (χ3n) is 6.90. The number of halogens is 1. The lowest BCUT2D eigenvalue weighted by Crippen LogP contribution is -2.36. The molecule has 2 amide bonds. The highest BCUT2D eigenvalue weighted by molar-refractivity contribution is 6.08. The van der Waals surface area contributed by atoms with E-state index in [0.29, 0.717) is 35.9 Å². The summed E-state index contributed by atoms with van der Waals surface area (Å²) in [6.07, 6.45) is 2.41. The van der Waals surface area contributed by atoms with Crippen molar-refractivity contribution in [2.75, 3.05) is 29.6 Å². The fourth-order valence-electron chi connectivity index (χ4n) is 4.64. The Balaban J connectivity index is 0.000000221. The zero-order valence-electron chi connectivity index (χ0n) is 24.3. The second-order valence-electron chi connectivity index (χ2n) is 9.84. The van der Waals surface area contributed by atoms with Crippen molar-refractivity contribution in [2.24, 2.45) is 5.73 Å². The molecule has 0 bridgehead atoms. The summed E-state index contributed by atoms with van der Waals surface area (Å²) in [5, 5.41) is 20.3. The van der Waals surface area contributed by atoms with Crippen LogP contribution in [0.4, 0.5) is 17.1 Å². The monoisotopic (exact) mass is 648 g/mol. The first-order valence-corrected chi connectivity index (χ1v) is 13.6. The molecule has 16 heteroatoms. The maximum atomic E-state index is 12.5. The molecule has 0 saturated carbocycles. The predicted octanol–water partition coefficient (Wildman–Crippen LogP) is 1.73. The Kier molecular flexibility index (Phi) is 10.3. The van der Waals surface area contributed by atoms with E-state index in [4.69, 9.17) is 15.6 Å². The summed E-state index contributed by atoms with van der Waals surface area (Å²) in [5.74, 6) is -1.31.